The Morgan fingerprint density at radius 2 is 1.34 bits per heavy atom. The second-order valence-electron chi connectivity index (χ2n) is 7.72. The Kier molecular flexibility index (Phi) is 5.71. The minimum Gasteiger partial charge on any atom is -0.508 e. The van der Waals surface area contributed by atoms with Crippen LogP contribution in [0.25, 0.3) is 22.3 Å². The van der Waals surface area contributed by atoms with Gasteiger partial charge in [-0.05, 0) is 83.0 Å². The van der Waals surface area contributed by atoms with Gasteiger partial charge in [0.25, 0.3) is 0 Å². The Labute approximate surface area is 172 Å². The number of hydrogen-bond donors (Lipinski definition) is 1. The van der Waals surface area contributed by atoms with Gasteiger partial charge in [-0.25, -0.2) is 0 Å². The molecule has 0 saturated heterocycles. The van der Waals surface area contributed by atoms with Crippen LogP contribution in [-0.4, -0.2) is 19.8 Å². The van der Waals surface area contributed by atoms with Gasteiger partial charge in [0.1, 0.15) is 11.5 Å². The Hall–Kier alpha value is -2.79. The molecule has 3 rings (SSSR count). The summed E-state index contributed by atoms with van der Waals surface area (Å²) in [5, 5.41) is 10.1. The highest BCUT2D eigenvalue weighted by atomic mass is 32.2. The first kappa shape index (κ1) is 20.9. The molecular weight excluding hydrogens is 384 g/mol. The van der Waals surface area contributed by atoms with Crippen LogP contribution in [0.15, 0.2) is 54.6 Å². The second-order valence-corrected chi connectivity index (χ2v) is 9.30. The Morgan fingerprint density at radius 1 is 0.828 bits per heavy atom. The fourth-order valence-electron chi connectivity index (χ4n) is 3.49. The molecule has 0 unspecified atom stereocenters. The van der Waals surface area contributed by atoms with E-state index in [2.05, 4.69) is 45.9 Å². The van der Waals surface area contributed by atoms with Crippen molar-refractivity contribution in [2.45, 2.75) is 33.6 Å². The first-order valence-corrected chi connectivity index (χ1v) is 11.3. The predicted molar refractivity (Wildman–Crippen MR) is 118 cm³/mol. The van der Waals surface area contributed by atoms with Gasteiger partial charge in [-0.1, -0.05) is 44.2 Å². The zero-order valence-electron chi connectivity index (χ0n) is 17.4. The van der Waals surface area contributed by atoms with E-state index in [1.807, 2.05) is 18.2 Å². The average Bonchev–Trinajstić information content (AvgIpc) is 2.63. The van der Waals surface area contributed by atoms with Crippen molar-refractivity contribution in [3.8, 4) is 33.8 Å². The maximum absolute atomic E-state index is 11.3. The molecule has 29 heavy (non-hydrogen) atoms. The molecule has 0 aliphatic rings. The minimum absolute atomic E-state index is 0.239. The maximum Gasteiger partial charge on any atom is 0.306 e. The molecule has 0 aliphatic heterocycles. The Morgan fingerprint density at radius 3 is 1.86 bits per heavy atom. The summed E-state index contributed by atoms with van der Waals surface area (Å²) in [7, 11) is -3.54. The summed E-state index contributed by atoms with van der Waals surface area (Å²) in [6.45, 7) is 8.26. The van der Waals surface area contributed by atoms with Gasteiger partial charge in [0.05, 0.1) is 6.26 Å². The van der Waals surface area contributed by atoms with Gasteiger partial charge in [0.2, 0.25) is 0 Å². The molecule has 0 atom stereocenters. The van der Waals surface area contributed by atoms with Gasteiger partial charge < -0.3 is 9.29 Å². The van der Waals surface area contributed by atoms with Crippen molar-refractivity contribution in [2.24, 2.45) is 0 Å². The van der Waals surface area contributed by atoms with E-state index >= 15 is 0 Å². The van der Waals surface area contributed by atoms with Gasteiger partial charge in [-0.15, -0.1) is 0 Å². The van der Waals surface area contributed by atoms with Crippen molar-refractivity contribution in [1.82, 2.24) is 0 Å². The molecule has 1 N–H and O–H groups in total. The van der Waals surface area contributed by atoms with E-state index in [-0.39, 0.29) is 5.92 Å². The summed E-state index contributed by atoms with van der Waals surface area (Å²) in [6, 6.07) is 17.1. The summed E-state index contributed by atoms with van der Waals surface area (Å²) in [6.07, 6.45) is 1.03. The van der Waals surface area contributed by atoms with Gasteiger partial charge in [-0.3, -0.25) is 0 Å². The van der Waals surface area contributed by atoms with Crippen LogP contribution in [0.2, 0.25) is 0 Å². The smallest absolute Gasteiger partial charge is 0.306 e. The fourth-order valence-corrected chi connectivity index (χ4v) is 3.95. The molecule has 4 nitrogen and oxygen atoms in total. The van der Waals surface area contributed by atoms with Crippen LogP contribution < -0.4 is 4.18 Å². The predicted octanol–water partition coefficient (Wildman–Crippen LogP) is 5.80. The van der Waals surface area contributed by atoms with Gasteiger partial charge in [0, 0.05) is 0 Å². The first-order valence-electron chi connectivity index (χ1n) is 9.49. The van der Waals surface area contributed by atoms with E-state index in [4.69, 9.17) is 4.18 Å². The zero-order valence-corrected chi connectivity index (χ0v) is 18.2. The highest BCUT2D eigenvalue weighted by molar-refractivity contribution is 7.86. The summed E-state index contributed by atoms with van der Waals surface area (Å²) in [5.41, 5.74) is 7.46. The lowest BCUT2D eigenvalue weighted by Crippen LogP contribution is -2.05. The topological polar surface area (TPSA) is 63.6 Å². The van der Waals surface area contributed by atoms with Gasteiger partial charge in [0.15, 0.2) is 0 Å². The van der Waals surface area contributed by atoms with Crippen LogP contribution >= 0.6 is 0 Å². The van der Waals surface area contributed by atoms with Gasteiger partial charge >= 0.3 is 10.1 Å². The number of phenols is 1. The lowest BCUT2D eigenvalue weighted by molar-refractivity contribution is 0.465. The number of aromatic hydroxyl groups is 1. The molecule has 0 amide bonds. The van der Waals surface area contributed by atoms with Crippen LogP contribution in [0.3, 0.4) is 0 Å². The largest absolute Gasteiger partial charge is 0.508 e. The van der Waals surface area contributed by atoms with Crippen LogP contribution in [-0.2, 0) is 10.1 Å². The third-order valence-electron chi connectivity index (χ3n) is 4.94. The molecule has 5 heteroatoms. The summed E-state index contributed by atoms with van der Waals surface area (Å²) in [4.78, 5) is 0. The van der Waals surface area contributed by atoms with Crippen molar-refractivity contribution in [2.75, 3.05) is 6.26 Å². The molecule has 0 heterocycles. The number of rotatable bonds is 5. The van der Waals surface area contributed by atoms with E-state index in [1.54, 1.807) is 18.2 Å². The zero-order chi connectivity index (χ0) is 21.3. The molecule has 3 aromatic carbocycles. The first-order chi connectivity index (χ1) is 13.5. The molecule has 152 valence electrons. The van der Waals surface area contributed by atoms with Crippen LogP contribution in [0.1, 0.15) is 36.5 Å². The monoisotopic (exact) mass is 410 g/mol. The molecule has 3 aromatic rings. The molecule has 0 radical (unpaired) electrons. The van der Waals surface area contributed by atoms with Crippen LogP contribution in [0, 0.1) is 13.8 Å². The summed E-state index contributed by atoms with van der Waals surface area (Å²) < 4.78 is 27.5. The fraction of sp³-hybridized carbons (Fsp3) is 0.250. The summed E-state index contributed by atoms with van der Waals surface area (Å²) in [5.74, 6) is 0.863. The van der Waals surface area contributed by atoms with E-state index in [0.29, 0.717) is 11.5 Å². The van der Waals surface area contributed by atoms with E-state index in [1.165, 1.54) is 0 Å². The molecule has 0 bridgehead atoms. The van der Waals surface area contributed by atoms with Gasteiger partial charge in [-0.2, -0.15) is 8.42 Å². The lowest BCUT2D eigenvalue weighted by Gasteiger charge is -2.15. The lowest BCUT2D eigenvalue weighted by atomic mass is 9.90. The number of hydrogen-bond acceptors (Lipinski definition) is 4. The molecule has 0 aliphatic carbocycles. The SMILES string of the molecule is Cc1cc(-c2ccc(O)c(C(C)C)c2)c(C)cc1-c1ccc(OS(C)(=O)=O)cc1. The molecular formula is C24H26O4S. The highest BCUT2D eigenvalue weighted by Crippen LogP contribution is 2.35. The van der Waals surface area contributed by atoms with Crippen molar-refractivity contribution < 1.29 is 17.7 Å². The maximum atomic E-state index is 11.3. The minimum atomic E-state index is -3.54. The van der Waals surface area contributed by atoms with Crippen molar-refractivity contribution >= 4 is 10.1 Å². The quantitative estimate of drug-likeness (QED) is 0.540. The standard InChI is InChI=1S/C24H26O4S/c1-15(2)21-14-19(8-11-24(21)25)23-13-16(3)22(12-17(23)4)18-6-9-20(10-7-18)28-29(5,26)27/h6-15,25H,1-5H3. The van der Waals surface area contributed by atoms with Crippen LogP contribution in [0.5, 0.6) is 11.5 Å². The third kappa shape index (κ3) is 4.80. The van der Waals surface area contributed by atoms with E-state index < -0.39 is 10.1 Å². The highest BCUT2D eigenvalue weighted by Gasteiger charge is 2.12. The summed E-state index contributed by atoms with van der Waals surface area (Å²) >= 11 is 0. The third-order valence-corrected chi connectivity index (χ3v) is 5.44. The van der Waals surface area contributed by atoms with Crippen molar-refractivity contribution in [3.05, 3.63) is 71.3 Å². The molecule has 0 spiro atoms. The number of phenolic OH excluding ortho intramolecular Hbond substituents is 1. The van der Waals surface area contributed by atoms with E-state index in [0.717, 1.165) is 45.2 Å². The Balaban J connectivity index is 1.99. The number of aryl methyl sites for hydroxylation is 2. The molecule has 0 aromatic heterocycles. The van der Waals surface area contributed by atoms with E-state index in [9.17, 15) is 13.5 Å². The second kappa shape index (κ2) is 7.91. The molecule has 0 fully saturated rings. The van der Waals surface area contributed by atoms with Crippen LogP contribution in [0.4, 0.5) is 0 Å². The Bertz CT molecular complexity index is 1140. The number of benzene rings is 3. The van der Waals surface area contributed by atoms with Crippen molar-refractivity contribution in [3.63, 3.8) is 0 Å². The average molecular weight is 411 g/mol. The molecule has 0 saturated carbocycles. The van der Waals surface area contributed by atoms with Crippen molar-refractivity contribution in [1.29, 1.82) is 0 Å². The normalized spacial score (nSPS) is 11.7.